The van der Waals surface area contributed by atoms with Crippen molar-refractivity contribution in [3.8, 4) is 0 Å². The molecule has 0 bridgehead atoms. The lowest BCUT2D eigenvalue weighted by Crippen LogP contribution is -2.43. The molecule has 1 aromatic heterocycles. The molecule has 0 saturated heterocycles. The number of carbonyl (C=O) groups is 2. The SMILES string of the molecule is COC(=O)[C@@H](Cc1c[nH]c2ccccc12)NC(=O)CSc1ccccc1. The second-order valence-electron chi connectivity index (χ2n) is 5.81. The zero-order chi connectivity index (χ0) is 18.4. The molecule has 3 aromatic rings. The van der Waals surface area contributed by atoms with Gasteiger partial charge in [0, 0.05) is 28.4 Å². The molecule has 0 aliphatic rings. The average Bonchev–Trinajstić information content (AvgIpc) is 3.09. The minimum Gasteiger partial charge on any atom is -0.467 e. The summed E-state index contributed by atoms with van der Waals surface area (Å²) in [6.07, 6.45) is 2.24. The topological polar surface area (TPSA) is 71.2 Å². The predicted molar refractivity (Wildman–Crippen MR) is 103 cm³/mol. The van der Waals surface area contributed by atoms with Gasteiger partial charge in [-0.15, -0.1) is 11.8 Å². The maximum Gasteiger partial charge on any atom is 0.328 e. The Labute approximate surface area is 156 Å². The largest absolute Gasteiger partial charge is 0.467 e. The zero-order valence-electron chi connectivity index (χ0n) is 14.4. The van der Waals surface area contributed by atoms with E-state index in [1.807, 2.05) is 60.8 Å². The summed E-state index contributed by atoms with van der Waals surface area (Å²) in [6, 6.07) is 16.8. The molecule has 2 N–H and O–H groups in total. The minimum atomic E-state index is -0.719. The summed E-state index contributed by atoms with van der Waals surface area (Å²) >= 11 is 1.43. The van der Waals surface area contributed by atoms with Gasteiger partial charge in [-0.05, 0) is 23.8 Å². The van der Waals surface area contributed by atoms with Crippen LogP contribution in [-0.2, 0) is 20.7 Å². The molecule has 1 atom stereocenters. The first-order chi connectivity index (χ1) is 12.7. The number of aromatic amines is 1. The molecule has 6 heteroatoms. The Bertz CT molecular complexity index is 892. The van der Waals surface area contributed by atoms with Crippen molar-refractivity contribution >= 4 is 34.5 Å². The first kappa shape index (κ1) is 18.1. The van der Waals surface area contributed by atoms with Crippen LogP contribution in [0, 0.1) is 0 Å². The lowest BCUT2D eigenvalue weighted by Gasteiger charge is -2.16. The van der Waals surface area contributed by atoms with E-state index in [1.165, 1.54) is 18.9 Å². The molecule has 1 heterocycles. The van der Waals surface area contributed by atoms with Crippen LogP contribution in [0.25, 0.3) is 10.9 Å². The molecular weight excluding hydrogens is 348 g/mol. The molecule has 0 aliphatic heterocycles. The first-order valence-corrected chi connectivity index (χ1v) is 9.26. The van der Waals surface area contributed by atoms with Gasteiger partial charge in [0.15, 0.2) is 0 Å². The van der Waals surface area contributed by atoms with Crippen molar-refractivity contribution in [2.24, 2.45) is 0 Å². The highest BCUT2D eigenvalue weighted by molar-refractivity contribution is 8.00. The zero-order valence-corrected chi connectivity index (χ0v) is 15.2. The highest BCUT2D eigenvalue weighted by Gasteiger charge is 2.23. The standard InChI is InChI=1S/C20H20N2O3S/c1-25-20(24)18(11-14-12-21-17-10-6-5-9-16(14)17)22-19(23)13-26-15-7-3-2-4-8-15/h2-10,12,18,21H,11,13H2,1H3,(H,22,23)/t18-/m1/s1. The van der Waals surface area contributed by atoms with E-state index >= 15 is 0 Å². The molecule has 0 aliphatic carbocycles. The van der Waals surface area contributed by atoms with Gasteiger partial charge in [0.05, 0.1) is 12.9 Å². The van der Waals surface area contributed by atoms with Gasteiger partial charge in [0.1, 0.15) is 6.04 Å². The van der Waals surface area contributed by atoms with E-state index in [1.54, 1.807) is 0 Å². The van der Waals surface area contributed by atoms with Crippen molar-refractivity contribution in [1.82, 2.24) is 10.3 Å². The number of hydrogen-bond donors (Lipinski definition) is 2. The van der Waals surface area contributed by atoms with Crippen LogP contribution in [0.3, 0.4) is 0 Å². The number of ether oxygens (including phenoxy) is 1. The van der Waals surface area contributed by atoms with E-state index < -0.39 is 12.0 Å². The molecule has 0 saturated carbocycles. The van der Waals surface area contributed by atoms with Crippen molar-refractivity contribution in [2.75, 3.05) is 12.9 Å². The summed E-state index contributed by atoms with van der Waals surface area (Å²) in [7, 11) is 1.33. The average molecular weight is 368 g/mol. The van der Waals surface area contributed by atoms with Gasteiger partial charge in [-0.2, -0.15) is 0 Å². The Kier molecular flexibility index (Phi) is 5.96. The van der Waals surface area contributed by atoms with E-state index in [0.717, 1.165) is 21.4 Å². The van der Waals surface area contributed by atoms with Crippen LogP contribution in [0.15, 0.2) is 65.7 Å². The summed E-state index contributed by atoms with van der Waals surface area (Å²) in [4.78, 5) is 28.6. The lowest BCUT2D eigenvalue weighted by atomic mass is 10.0. The fraction of sp³-hybridized carbons (Fsp3) is 0.200. The van der Waals surface area contributed by atoms with E-state index in [4.69, 9.17) is 4.74 Å². The number of nitrogens with one attached hydrogen (secondary N) is 2. The summed E-state index contributed by atoms with van der Waals surface area (Å²) in [5.74, 6) is -0.409. The molecule has 3 rings (SSSR count). The lowest BCUT2D eigenvalue weighted by molar-refractivity contribution is -0.144. The fourth-order valence-electron chi connectivity index (χ4n) is 2.76. The number of thioether (sulfide) groups is 1. The number of aromatic nitrogens is 1. The van der Waals surface area contributed by atoms with Crippen molar-refractivity contribution in [1.29, 1.82) is 0 Å². The van der Waals surface area contributed by atoms with Crippen LogP contribution < -0.4 is 5.32 Å². The van der Waals surface area contributed by atoms with Gasteiger partial charge >= 0.3 is 5.97 Å². The molecule has 5 nitrogen and oxygen atoms in total. The molecule has 0 spiro atoms. The number of esters is 1. The smallest absolute Gasteiger partial charge is 0.328 e. The third-order valence-corrected chi connectivity index (χ3v) is 5.05. The van der Waals surface area contributed by atoms with E-state index in [9.17, 15) is 9.59 Å². The third-order valence-electron chi connectivity index (χ3n) is 4.03. The van der Waals surface area contributed by atoms with Gasteiger partial charge in [-0.3, -0.25) is 4.79 Å². The predicted octanol–water partition coefficient (Wildman–Crippen LogP) is 3.16. The molecule has 1 amide bonds. The number of methoxy groups -OCH3 is 1. The maximum atomic E-state index is 12.3. The quantitative estimate of drug-likeness (QED) is 0.496. The molecule has 26 heavy (non-hydrogen) atoms. The Morgan fingerprint density at radius 1 is 1.12 bits per heavy atom. The number of rotatable bonds is 7. The molecule has 0 radical (unpaired) electrons. The van der Waals surface area contributed by atoms with Crippen LogP contribution in [0.5, 0.6) is 0 Å². The Morgan fingerprint density at radius 3 is 2.62 bits per heavy atom. The maximum absolute atomic E-state index is 12.3. The summed E-state index contributed by atoms with van der Waals surface area (Å²) in [6.45, 7) is 0. The Balaban J connectivity index is 1.66. The number of para-hydroxylation sites is 1. The highest BCUT2D eigenvalue weighted by atomic mass is 32.2. The van der Waals surface area contributed by atoms with Crippen LogP contribution in [-0.4, -0.2) is 35.8 Å². The number of benzene rings is 2. The van der Waals surface area contributed by atoms with Gasteiger partial charge in [0.25, 0.3) is 0 Å². The molecule has 2 aromatic carbocycles. The Hall–Kier alpha value is -2.73. The highest BCUT2D eigenvalue weighted by Crippen LogP contribution is 2.20. The van der Waals surface area contributed by atoms with Crippen molar-refractivity contribution in [3.05, 3.63) is 66.4 Å². The first-order valence-electron chi connectivity index (χ1n) is 8.27. The van der Waals surface area contributed by atoms with Gasteiger partial charge in [-0.25, -0.2) is 4.79 Å². The number of amides is 1. The molecule has 0 fully saturated rings. The number of hydrogen-bond acceptors (Lipinski definition) is 4. The fourth-order valence-corrected chi connectivity index (χ4v) is 3.49. The molecule has 0 unspecified atom stereocenters. The van der Waals surface area contributed by atoms with Gasteiger partial charge in [0.2, 0.25) is 5.91 Å². The van der Waals surface area contributed by atoms with E-state index in [2.05, 4.69) is 10.3 Å². The molecular formula is C20H20N2O3S. The summed E-state index contributed by atoms with van der Waals surface area (Å²) < 4.78 is 4.87. The van der Waals surface area contributed by atoms with Crippen LogP contribution in [0.4, 0.5) is 0 Å². The van der Waals surface area contributed by atoms with E-state index in [0.29, 0.717) is 6.42 Å². The Morgan fingerprint density at radius 2 is 1.85 bits per heavy atom. The molecule has 134 valence electrons. The monoisotopic (exact) mass is 368 g/mol. The normalized spacial score (nSPS) is 11.9. The third kappa shape index (κ3) is 4.46. The second kappa shape index (κ2) is 8.58. The van der Waals surface area contributed by atoms with Crippen molar-refractivity contribution in [2.45, 2.75) is 17.4 Å². The number of H-pyrrole nitrogens is 1. The van der Waals surface area contributed by atoms with E-state index in [-0.39, 0.29) is 11.7 Å². The number of carbonyl (C=O) groups excluding carboxylic acids is 2. The second-order valence-corrected chi connectivity index (χ2v) is 6.86. The van der Waals surface area contributed by atoms with Crippen LogP contribution >= 0.6 is 11.8 Å². The number of fused-ring (bicyclic) bond motifs is 1. The van der Waals surface area contributed by atoms with Crippen LogP contribution in [0.2, 0.25) is 0 Å². The van der Waals surface area contributed by atoms with Gasteiger partial charge in [-0.1, -0.05) is 36.4 Å². The van der Waals surface area contributed by atoms with Gasteiger partial charge < -0.3 is 15.0 Å². The summed E-state index contributed by atoms with van der Waals surface area (Å²) in [5.41, 5.74) is 1.96. The summed E-state index contributed by atoms with van der Waals surface area (Å²) in [5, 5.41) is 3.83. The van der Waals surface area contributed by atoms with Crippen LogP contribution in [0.1, 0.15) is 5.56 Å². The van der Waals surface area contributed by atoms with Crippen molar-refractivity contribution < 1.29 is 14.3 Å². The minimum absolute atomic E-state index is 0.200. The van der Waals surface area contributed by atoms with Crippen molar-refractivity contribution in [3.63, 3.8) is 0 Å².